The normalized spacial score (nSPS) is 11.7. The lowest BCUT2D eigenvalue weighted by molar-refractivity contribution is 0.112. The highest BCUT2D eigenvalue weighted by Crippen LogP contribution is 2.33. The highest BCUT2D eigenvalue weighted by Gasteiger charge is 2.24. The third-order valence-electron chi connectivity index (χ3n) is 3.01. The van der Waals surface area contributed by atoms with Crippen molar-refractivity contribution in [1.29, 1.82) is 0 Å². The number of hydrogen-bond acceptors (Lipinski definition) is 6. The Morgan fingerprint density at radius 2 is 2.10 bits per heavy atom. The predicted octanol–water partition coefficient (Wildman–Crippen LogP) is 3.65. The summed E-state index contributed by atoms with van der Waals surface area (Å²) in [6, 6.07) is 0. The molecule has 0 amide bonds. The van der Waals surface area contributed by atoms with Crippen molar-refractivity contribution in [2.45, 2.75) is 39.7 Å². The van der Waals surface area contributed by atoms with Gasteiger partial charge in [-0.3, -0.25) is 4.79 Å². The fourth-order valence-corrected chi connectivity index (χ4v) is 3.74. The molecule has 2 rings (SSSR count). The summed E-state index contributed by atoms with van der Waals surface area (Å²) in [5, 5.41) is 0.879. The van der Waals surface area contributed by atoms with Crippen molar-refractivity contribution in [2.75, 3.05) is 11.9 Å². The topological polar surface area (TPSA) is 46.1 Å². The van der Waals surface area contributed by atoms with E-state index >= 15 is 0 Å². The molecule has 4 nitrogen and oxygen atoms in total. The van der Waals surface area contributed by atoms with E-state index < -0.39 is 0 Å². The zero-order valence-corrected chi connectivity index (χ0v) is 14.1. The number of carbonyl (C=O) groups excluding carboxylic acids is 1. The lowest BCUT2D eigenvalue weighted by atomic mass is 9.91. The second kappa shape index (κ2) is 5.61. The van der Waals surface area contributed by atoms with Crippen LogP contribution in [-0.4, -0.2) is 23.3 Å². The van der Waals surface area contributed by atoms with Gasteiger partial charge in [0.25, 0.3) is 0 Å². The third kappa shape index (κ3) is 3.07. The van der Waals surface area contributed by atoms with Crippen molar-refractivity contribution in [3.05, 3.63) is 26.7 Å². The zero-order chi connectivity index (χ0) is 14.9. The average molecular weight is 309 g/mol. The van der Waals surface area contributed by atoms with E-state index in [0.29, 0.717) is 0 Å². The maximum absolute atomic E-state index is 11.2. The Labute approximate surface area is 127 Å². The molecule has 0 aliphatic rings. The van der Waals surface area contributed by atoms with Crippen LogP contribution in [0.3, 0.4) is 0 Å². The molecular formula is C14H19N3OS2. The summed E-state index contributed by atoms with van der Waals surface area (Å²) < 4.78 is 0. The Morgan fingerprint density at radius 1 is 1.40 bits per heavy atom. The Kier molecular flexibility index (Phi) is 4.25. The van der Waals surface area contributed by atoms with Crippen LogP contribution in [0.4, 0.5) is 5.13 Å². The number of hydrogen-bond donors (Lipinski definition) is 0. The second-order valence-corrected chi connectivity index (χ2v) is 7.74. The maximum atomic E-state index is 11.2. The molecule has 0 saturated carbocycles. The van der Waals surface area contributed by atoms with Gasteiger partial charge < -0.3 is 4.90 Å². The number of rotatable bonds is 4. The molecule has 0 radical (unpaired) electrons. The maximum Gasteiger partial charge on any atom is 0.186 e. The van der Waals surface area contributed by atoms with E-state index in [0.717, 1.165) is 34.2 Å². The van der Waals surface area contributed by atoms with Crippen LogP contribution in [0.5, 0.6) is 0 Å². The van der Waals surface area contributed by atoms with E-state index in [4.69, 9.17) is 0 Å². The molecule has 0 unspecified atom stereocenters. The number of aromatic nitrogens is 2. The van der Waals surface area contributed by atoms with Gasteiger partial charge in [0.2, 0.25) is 0 Å². The van der Waals surface area contributed by atoms with Crippen LogP contribution in [0, 0.1) is 6.92 Å². The second-order valence-electron chi connectivity index (χ2n) is 5.79. The molecule has 6 heteroatoms. The Balaban J connectivity index is 2.27. The summed E-state index contributed by atoms with van der Waals surface area (Å²) in [5.74, 6) is 0. The van der Waals surface area contributed by atoms with E-state index in [1.54, 1.807) is 11.3 Å². The average Bonchev–Trinajstić information content (AvgIpc) is 2.95. The van der Waals surface area contributed by atoms with Crippen LogP contribution < -0.4 is 4.90 Å². The SMILES string of the molecule is Cc1ncsc1CN(C)c1nc(C(C)(C)C)c(C=O)s1. The first-order chi connectivity index (χ1) is 9.32. The minimum absolute atomic E-state index is 0.119. The Morgan fingerprint density at radius 3 is 2.55 bits per heavy atom. The van der Waals surface area contributed by atoms with Crippen molar-refractivity contribution in [2.24, 2.45) is 0 Å². The van der Waals surface area contributed by atoms with E-state index in [1.807, 2.05) is 19.5 Å². The molecule has 2 heterocycles. The van der Waals surface area contributed by atoms with E-state index in [1.165, 1.54) is 16.2 Å². The summed E-state index contributed by atoms with van der Waals surface area (Å²) in [5.41, 5.74) is 3.68. The molecule has 2 aromatic rings. The molecule has 0 atom stereocenters. The molecule has 0 aromatic carbocycles. The zero-order valence-electron chi connectivity index (χ0n) is 12.4. The summed E-state index contributed by atoms with van der Waals surface area (Å²) in [7, 11) is 2.00. The van der Waals surface area contributed by atoms with Crippen molar-refractivity contribution in [3.8, 4) is 0 Å². The number of thiazole rings is 2. The van der Waals surface area contributed by atoms with Gasteiger partial charge in [0.05, 0.1) is 28.3 Å². The van der Waals surface area contributed by atoms with Crippen LogP contribution >= 0.6 is 22.7 Å². The molecule has 2 aromatic heterocycles. The summed E-state index contributed by atoms with van der Waals surface area (Å²) in [4.78, 5) is 24.2. The first kappa shape index (κ1) is 15.1. The van der Waals surface area contributed by atoms with E-state index in [-0.39, 0.29) is 5.41 Å². The Hall–Kier alpha value is -1.27. The summed E-state index contributed by atoms with van der Waals surface area (Å²) in [6.45, 7) is 9.01. The largest absolute Gasteiger partial charge is 0.346 e. The minimum atomic E-state index is -0.119. The summed E-state index contributed by atoms with van der Waals surface area (Å²) >= 11 is 3.10. The standard InChI is InChI=1S/C14H19N3OS2/c1-9-10(19-8-15-9)6-17(5)13-16-12(14(2,3)4)11(7-18)20-13/h7-8H,6H2,1-5H3. The van der Waals surface area contributed by atoms with Gasteiger partial charge in [0, 0.05) is 17.3 Å². The monoisotopic (exact) mass is 309 g/mol. The molecular weight excluding hydrogens is 290 g/mol. The smallest absolute Gasteiger partial charge is 0.186 e. The van der Waals surface area contributed by atoms with E-state index in [2.05, 4.69) is 35.6 Å². The summed E-state index contributed by atoms with van der Waals surface area (Å²) in [6.07, 6.45) is 0.910. The first-order valence-corrected chi connectivity index (χ1v) is 8.09. The minimum Gasteiger partial charge on any atom is -0.346 e. The third-order valence-corrected chi connectivity index (χ3v) is 5.03. The number of carbonyl (C=O) groups is 1. The lowest BCUT2D eigenvalue weighted by Crippen LogP contribution is -2.18. The van der Waals surface area contributed by atoms with Crippen molar-refractivity contribution >= 4 is 34.1 Å². The molecule has 0 spiro atoms. The van der Waals surface area contributed by atoms with Gasteiger partial charge in [-0.25, -0.2) is 9.97 Å². The van der Waals surface area contributed by atoms with Crippen LogP contribution in [0.1, 0.15) is 46.7 Å². The van der Waals surface area contributed by atoms with Crippen LogP contribution in [0.2, 0.25) is 0 Å². The number of aryl methyl sites for hydroxylation is 1. The molecule has 0 aliphatic carbocycles. The van der Waals surface area contributed by atoms with Crippen molar-refractivity contribution in [1.82, 2.24) is 9.97 Å². The molecule has 0 bridgehead atoms. The lowest BCUT2D eigenvalue weighted by Gasteiger charge is -2.17. The Bertz CT molecular complexity index is 610. The highest BCUT2D eigenvalue weighted by atomic mass is 32.1. The van der Waals surface area contributed by atoms with Crippen LogP contribution in [0.15, 0.2) is 5.51 Å². The van der Waals surface area contributed by atoms with Crippen LogP contribution in [0.25, 0.3) is 0 Å². The van der Waals surface area contributed by atoms with Crippen molar-refractivity contribution < 1.29 is 4.79 Å². The number of aldehydes is 1. The van der Waals surface area contributed by atoms with Gasteiger partial charge in [-0.05, 0) is 6.92 Å². The molecule has 108 valence electrons. The van der Waals surface area contributed by atoms with Gasteiger partial charge >= 0.3 is 0 Å². The molecule has 0 aliphatic heterocycles. The molecule has 0 saturated heterocycles. The fraction of sp³-hybridized carbons (Fsp3) is 0.500. The molecule has 0 N–H and O–H groups in total. The molecule has 20 heavy (non-hydrogen) atoms. The van der Waals surface area contributed by atoms with Gasteiger partial charge in [0.15, 0.2) is 11.4 Å². The highest BCUT2D eigenvalue weighted by molar-refractivity contribution is 7.17. The predicted molar refractivity (Wildman–Crippen MR) is 85.2 cm³/mol. The van der Waals surface area contributed by atoms with Gasteiger partial charge in [-0.2, -0.15) is 0 Å². The number of anilines is 1. The van der Waals surface area contributed by atoms with Gasteiger partial charge in [-0.1, -0.05) is 32.1 Å². The quantitative estimate of drug-likeness (QED) is 0.809. The first-order valence-electron chi connectivity index (χ1n) is 6.39. The molecule has 0 fully saturated rings. The number of nitrogens with zero attached hydrogens (tertiary/aromatic N) is 3. The van der Waals surface area contributed by atoms with Gasteiger partial charge in [-0.15, -0.1) is 11.3 Å². The van der Waals surface area contributed by atoms with Crippen molar-refractivity contribution in [3.63, 3.8) is 0 Å². The fourth-order valence-electron chi connectivity index (χ4n) is 1.86. The van der Waals surface area contributed by atoms with E-state index in [9.17, 15) is 4.79 Å². The van der Waals surface area contributed by atoms with Crippen LogP contribution in [-0.2, 0) is 12.0 Å². The van der Waals surface area contributed by atoms with Gasteiger partial charge in [0.1, 0.15) is 0 Å².